The Morgan fingerprint density at radius 3 is 2.34 bits per heavy atom. The first-order valence-corrected chi connectivity index (χ1v) is 12.9. The highest BCUT2D eigenvalue weighted by Crippen LogP contribution is 2.61. The van der Waals surface area contributed by atoms with E-state index in [2.05, 4.69) is 60.3 Å². The molecule has 2 aliphatic rings. The maximum absolute atomic E-state index is 15.0. The summed E-state index contributed by atoms with van der Waals surface area (Å²) in [5, 5.41) is 10.6. The molecule has 0 amide bonds. The first-order valence-electron chi connectivity index (χ1n) is 12.9. The van der Waals surface area contributed by atoms with Crippen molar-refractivity contribution in [3.63, 3.8) is 0 Å². The van der Waals surface area contributed by atoms with Crippen LogP contribution in [-0.4, -0.2) is 11.2 Å². The zero-order valence-corrected chi connectivity index (χ0v) is 22.0. The SMILES string of the molecule is C=C1CCC2C(C)(C)[C@@H](O)CC[C@]2(C)C1CC/C(F)=C(\C)CC/C=C(\C)CCC=C(C)C. The standard InChI is InChI=1S/C30H49FO/c1-21(2)11-9-12-22(3)13-10-14-24(5)26(31)17-16-25-23(4)15-18-27-29(6,7)28(32)19-20-30(25,27)8/h11,13,25,27-28,32H,4,9-10,12,14-20H2,1-3,5-8H3/b22-13+,26-24-/t25?,27?,28-,30+/m0/s1. The maximum Gasteiger partial charge on any atom is 0.0989 e. The fourth-order valence-electron chi connectivity index (χ4n) is 6.54. The van der Waals surface area contributed by atoms with Crippen molar-refractivity contribution < 1.29 is 9.50 Å². The number of hydrogen-bond donors (Lipinski definition) is 1. The highest BCUT2D eigenvalue weighted by Gasteiger charge is 2.55. The first-order chi connectivity index (χ1) is 14.9. The van der Waals surface area contributed by atoms with Crippen LogP contribution in [0.25, 0.3) is 0 Å². The second-order valence-corrected chi connectivity index (χ2v) is 11.8. The molecule has 2 heteroatoms. The predicted octanol–water partition coefficient (Wildman–Crippen LogP) is 9.25. The summed E-state index contributed by atoms with van der Waals surface area (Å²) < 4.78 is 15.0. The number of fused-ring (bicyclic) bond motifs is 1. The fourth-order valence-corrected chi connectivity index (χ4v) is 6.54. The summed E-state index contributed by atoms with van der Waals surface area (Å²) in [7, 11) is 0. The van der Waals surface area contributed by atoms with Gasteiger partial charge >= 0.3 is 0 Å². The molecule has 1 N–H and O–H groups in total. The molecule has 0 aromatic rings. The van der Waals surface area contributed by atoms with E-state index in [0.29, 0.717) is 18.3 Å². The minimum atomic E-state index is -0.231. The molecule has 32 heavy (non-hydrogen) atoms. The van der Waals surface area contributed by atoms with Gasteiger partial charge in [-0.3, -0.25) is 0 Å². The van der Waals surface area contributed by atoms with Crippen LogP contribution in [0.5, 0.6) is 0 Å². The van der Waals surface area contributed by atoms with Crippen LogP contribution < -0.4 is 0 Å². The third-order valence-electron chi connectivity index (χ3n) is 8.77. The molecular formula is C30H49FO. The molecule has 0 aromatic carbocycles. The Kier molecular flexibility index (Phi) is 9.58. The van der Waals surface area contributed by atoms with Crippen LogP contribution in [0, 0.1) is 22.7 Å². The molecule has 2 unspecified atom stereocenters. The quantitative estimate of drug-likeness (QED) is 0.351. The van der Waals surface area contributed by atoms with Gasteiger partial charge in [0.15, 0.2) is 0 Å². The van der Waals surface area contributed by atoms with Gasteiger partial charge in [-0.15, -0.1) is 0 Å². The molecule has 4 atom stereocenters. The number of hydrogen-bond acceptors (Lipinski definition) is 1. The lowest BCUT2D eigenvalue weighted by molar-refractivity contribution is -0.125. The van der Waals surface area contributed by atoms with Gasteiger partial charge in [0.1, 0.15) is 0 Å². The van der Waals surface area contributed by atoms with Gasteiger partial charge in [-0.25, -0.2) is 4.39 Å². The Morgan fingerprint density at radius 2 is 1.69 bits per heavy atom. The Hall–Kier alpha value is -1.15. The van der Waals surface area contributed by atoms with Gasteiger partial charge in [0.25, 0.3) is 0 Å². The maximum atomic E-state index is 15.0. The van der Waals surface area contributed by atoms with Crippen molar-refractivity contribution in [2.75, 3.05) is 0 Å². The van der Waals surface area contributed by atoms with Gasteiger partial charge in [0.2, 0.25) is 0 Å². The molecular weight excluding hydrogens is 395 g/mol. The topological polar surface area (TPSA) is 20.2 Å². The Morgan fingerprint density at radius 1 is 1.03 bits per heavy atom. The smallest absolute Gasteiger partial charge is 0.0989 e. The number of allylic oxidation sites excluding steroid dienone is 7. The summed E-state index contributed by atoms with van der Waals surface area (Å²) in [4.78, 5) is 0. The predicted molar refractivity (Wildman–Crippen MR) is 137 cm³/mol. The zero-order chi connectivity index (χ0) is 24.1. The highest BCUT2D eigenvalue weighted by molar-refractivity contribution is 5.18. The molecule has 0 heterocycles. The van der Waals surface area contributed by atoms with Crippen molar-refractivity contribution in [3.8, 4) is 0 Å². The van der Waals surface area contributed by atoms with Gasteiger partial charge in [0.05, 0.1) is 11.9 Å². The first kappa shape index (κ1) is 27.1. The number of aliphatic hydroxyl groups excluding tert-OH is 1. The Labute approximate surface area is 198 Å². The Bertz CT molecular complexity index is 749. The van der Waals surface area contributed by atoms with Crippen molar-refractivity contribution in [2.24, 2.45) is 22.7 Å². The van der Waals surface area contributed by atoms with E-state index in [4.69, 9.17) is 0 Å². The van der Waals surface area contributed by atoms with Gasteiger partial charge in [0, 0.05) is 0 Å². The van der Waals surface area contributed by atoms with Crippen LogP contribution in [-0.2, 0) is 0 Å². The van der Waals surface area contributed by atoms with Crippen LogP contribution in [0.3, 0.4) is 0 Å². The minimum absolute atomic E-state index is 0.0773. The van der Waals surface area contributed by atoms with Crippen LogP contribution in [0.1, 0.15) is 113 Å². The van der Waals surface area contributed by atoms with Gasteiger partial charge in [-0.1, -0.05) is 56.2 Å². The van der Waals surface area contributed by atoms with E-state index in [1.54, 1.807) is 0 Å². The van der Waals surface area contributed by atoms with E-state index in [-0.39, 0.29) is 22.8 Å². The van der Waals surface area contributed by atoms with E-state index in [0.717, 1.165) is 63.4 Å². The van der Waals surface area contributed by atoms with Gasteiger partial charge in [-0.2, -0.15) is 0 Å². The number of aliphatic hydroxyl groups is 1. The van der Waals surface area contributed by atoms with Crippen molar-refractivity contribution in [2.45, 2.75) is 119 Å². The van der Waals surface area contributed by atoms with Crippen molar-refractivity contribution >= 4 is 0 Å². The monoisotopic (exact) mass is 444 g/mol. The fraction of sp³-hybridized carbons (Fsp3) is 0.733. The summed E-state index contributed by atoms with van der Waals surface area (Å²) in [5.74, 6) is 0.903. The molecule has 182 valence electrons. The molecule has 0 saturated heterocycles. The zero-order valence-electron chi connectivity index (χ0n) is 22.0. The lowest BCUT2D eigenvalue weighted by Crippen LogP contribution is -2.54. The van der Waals surface area contributed by atoms with Crippen LogP contribution in [0.15, 0.2) is 46.9 Å². The second-order valence-electron chi connectivity index (χ2n) is 11.8. The molecule has 1 nitrogen and oxygen atoms in total. The number of rotatable bonds is 9. The average molecular weight is 445 g/mol. The summed E-state index contributed by atoms with van der Waals surface area (Å²) >= 11 is 0. The number of halogens is 1. The summed E-state index contributed by atoms with van der Waals surface area (Å²) in [5.41, 5.74) is 5.02. The van der Waals surface area contributed by atoms with E-state index in [1.807, 2.05) is 6.92 Å². The molecule has 2 saturated carbocycles. The van der Waals surface area contributed by atoms with E-state index in [1.165, 1.54) is 16.7 Å². The van der Waals surface area contributed by atoms with Crippen LogP contribution in [0.4, 0.5) is 4.39 Å². The normalized spacial score (nSPS) is 31.1. The summed E-state index contributed by atoms with van der Waals surface area (Å²) in [6, 6.07) is 0. The Balaban J connectivity index is 1.96. The summed E-state index contributed by atoms with van der Waals surface area (Å²) in [6.45, 7) is 19.7. The summed E-state index contributed by atoms with van der Waals surface area (Å²) in [6.07, 6.45) is 13.6. The lowest BCUT2D eigenvalue weighted by Gasteiger charge is -2.59. The molecule has 0 spiro atoms. The second kappa shape index (κ2) is 11.3. The molecule has 0 bridgehead atoms. The molecule has 0 aromatic heterocycles. The largest absolute Gasteiger partial charge is 0.393 e. The van der Waals surface area contributed by atoms with Crippen LogP contribution >= 0.6 is 0 Å². The average Bonchev–Trinajstić information content (AvgIpc) is 2.70. The molecule has 2 fully saturated rings. The third kappa shape index (κ3) is 6.46. The highest BCUT2D eigenvalue weighted by atomic mass is 19.1. The van der Waals surface area contributed by atoms with E-state index < -0.39 is 0 Å². The molecule has 0 aliphatic heterocycles. The van der Waals surface area contributed by atoms with Gasteiger partial charge < -0.3 is 5.11 Å². The van der Waals surface area contributed by atoms with E-state index >= 15 is 4.39 Å². The van der Waals surface area contributed by atoms with Gasteiger partial charge in [-0.05, 0) is 120 Å². The molecule has 2 rings (SSSR count). The minimum Gasteiger partial charge on any atom is -0.393 e. The van der Waals surface area contributed by atoms with Crippen molar-refractivity contribution in [1.82, 2.24) is 0 Å². The van der Waals surface area contributed by atoms with Crippen molar-refractivity contribution in [1.29, 1.82) is 0 Å². The molecule has 0 radical (unpaired) electrons. The van der Waals surface area contributed by atoms with Crippen molar-refractivity contribution in [3.05, 3.63) is 46.9 Å². The van der Waals surface area contributed by atoms with E-state index in [9.17, 15) is 5.11 Å². The van der Waals surface area contributed by atoms with Crippen LogP contribution in [0.2, 0.25) is 0 Å². The molecule has 2 aliphatic carbocycles. The lowest BCUT2D eigenvalue weighted by atomic mass is 9.46. The third-order valence-corrected chi connectivity index (χ3v) is 8.77.